The second-order valence-electron chi connectivity index (χ2n) is 5.56. The van der Waals surface area contributed by atoms with Crippen molar-refractivity contribution in [1.82, 2.24) is 19.8 Å². The van der Waals surface area contributed by atoms with E-state index in [-0.39, 0.29) is 11.7 Å². The Balaban J connectivity index is 1.89. The zero-order chi connectivity index (χ0) is 16.8. The molecule has 2 aromatic rings. The van der Waals surface area contributed by atoms with Crippen LogP contribution < -0.4 is 0 Å². The average molecular weight is 328 g/mol. The average Bonchev–Trinajstić information content (AvgIpc) is 3.15. The molecule has 0 unspecified atom stereocenters. The van der Waals surface area contributed by atoms with Gasteiger partial charge < -0.3 is 9.42 Å². The SMILES string of the molecule is Cc1cc([C@@H]2CCCN2C(=O)c2cc(C(F)(F)F)nn2C)no1. The summed E-state index contributed by atoms with van der Waals surface area (Å²) in [5.41, 5.74) is -0.549. The molecule has 0 N–H and O–H groups in total. The zero-order valence-electron chi connectivity index (χ0n) is 12.6. The zero-order valence-corrected chi connectivity index (χ0v) is 12.6. The molecule has 23 heavy (non-hydrogen) atoms. The van der Waals surface area contributed by atoms with Crippen LogP contribution in [-0.2, 0) is 13.2 Å². The normalized spacial score (nSPS) is 18.7. The molecule has 0 saturated carbocycles. The minimum Gasteiger partial charge on any atom is -0.361 e. The van der Waals surface area contributed by atoms with E-state index in [1.807, 2.05) is 0 Å². The van der Waals surface area contributed by atoms with Crippen LogP contribution in [0.25, 0.3) is 0 Å². The maximum atomic E-state index is 12.7. The van der Waals surface area contributed by atoms with Gasteiger partial charge in [0.05, 0.1) is 6.04 Å². The number of carbonyl (C=O) groups is 1. The number of halogens is 3. The largest absolute Gasteiger partial charge is 0.435 e. The lowest BCUT2D eigenvalue weighted by Gasteiger charge is -2.22. The van der Waals surface area contributed by atoms with E-state index >= 15 is 0 Å². The summed E-state index contributed by atoms with van der Waals surface area (Å²) in [7, 11) is 1.33. The molecular weight excluding hydrogens is 313 g/mol. The summed E-state index contributed by atoms with van der Waals surface area (Å²) >= 11 is 0. The van der Waals surface area contributed by atoms with Gasteiger partial charge in [0.25, 0.3) is 5.91 Å². The van der Waals surface area contributed by atoms with Crippen molar-refractivity contribution >= 4 is 5.91 Å². The molecule has 0 bridgehead atoms. The fraction of sp³-hybridized carbons (Fsp3) is 0.500. The molecule has 0 spiro atoms. The Morgan fingerprint density at radius 3 is 2.70 bits per heavy atom. The minimum atomic E-state index is -4.58. The molecule has 1 saturated heterocycles. The quantitative estimate of drug-likeness (QED) is 0.850. The number of nitrogens with zero attached hydrogens (tertiary/aromatic N) is 4. The molecule has 6 nitrogen and oxygen atoms in total. The Morgan fingerprint density at radius 2 is 2.13 bits per heavy atom. The lowest BCUT2D eigenvalue weighted by atomic mass is 10.1. The van der Waals surface area contributed by atoms with E-state index in [2.05, 4.69) is 10.3 Å². The molecule has 0 radical (unpaired) electrons. The first-order chi connectivity index (χ1) is 10.8. The van der Waals surface area contributed by atoms with Crippen molar-refractivity contribution in [2.45, 2.75) is 32.0 Å². The Bertz CT molecular complexity index is 735. The highest BCUT2D eigenvalue weighted by atomic mass is 19.4. The molecular formula is C14H15F3N4O2. The topological polar surface area (TPSA) is 64.2 Å². The summed E-state index contributed by atoms with van der Waals surface area (Å²) in [4.78, 5) is 14.2. The fourth-order valence-electron chi connectivity index (χ4n) is 2.81. The molecule has 1 aliphatic heterocycles. The summed E-state index contributed by atoms with van der Waals surface area (Å²) in [5, 5.41) is 7.31. The van der Waals surface area contributed by atoms with Gasteiger partial charge >= 0.3 is 6.18 Å². The van der Waals surface area contributed by atoms with E-state index in [1.165, 1.54) is 11.9 Å². The van der Waals surface area contributed by atoms with Crippen LogP contribution in [0, 0.1) is 6.92 Å². The van der Waals surface area contributed by atoms with Gasteiger partial charge in [-0.1, -0.05) is 5.16 Å². The molecule has 124 valence electrons. The fourth-order valence-corrected chi connectivity index (χ4v) is 2.81. The predicted molar refractivity (Wildman–Crippen MR) is 72.5 cm³/mol. The number of likely N-dealkylation sites (tertiary alicyclic amines) is 1. The highest BCUT2D eigenvalue weighted by molar-refractivity contribution is 5.93. The lowest BCUT2D eigenvalue weighted by molar-refractivity contribution is -0.141. The van der Waals surface area contributed by atoms with Crippen molar-refractivity contribution < 1.29 is 22.5 Å². The molecule has 0 aliphatic carbocycles. The van der Waals surface area contributed by atoms with Crippen LogP contribution in [0.2, 0.25) is 0 Å². The summed E-state index contributed by atoms with van der Waals surface area (Å²) in [6, 6.07) is 2.23. The van der Waals surface area contributed by atoms with Crippen molar-refractivity contribution in [1.29, 1.82) is 0 Å². The van der Waals surface area contributed by atoms with E-state index in [0.717, 1.165) is 17.2 Å². The third-order valence-corrected chi connectivity index (χ3v) is 3.89. The number of amides is 1. The molecule has 1 atom stereocenters. The smallest absolute Gasteiger partial charge is 0.361 e. The van der Waals surface area contributed by atoms with E-state index in [1.54, 1.807) is 13.0 Å². The highest BCUT2D eigenvalue weighted by Gasteiger charge is 2.38. The molecule has 1 amide bonds. The molecule has 1 fully saturated rings. The van der Waals surface area contributed by atoms with Crippen LogP contribution in [0.1, 0.15) is 46.5 Å². The number of hydrogen-bond acceptors (Lipinski definition) is 4. The number of alkyl halides is 3. The van der Waals surface area contributed by atoms with Gasteiger partial charge in [0, 0.05) is 25.7 Å². The second-order valence-corrected chi connectivity index (χ2v) is 5.56. The maximum absolute atomic E-state index is 12.7. The Hall–Kier alpha value is -2.32. The van der Waals surface area contributed by atoms with Crippen molar-refractivity contribution in [3.8, 4) is 0 Å². The highest BCUT2D eigenvalue weighted by Crippen LogP contribution is 2.34. The van der Waals surface area contributed by atoms with Crippen LogP contribution >= 0.6 is 0 Å². The standard InChI is InChI=1S/C14H15F3N4O2/c1-8-6-9(19-23-8)10-4-3-5-21(10)13(22)11-7-12(14(15,16)17)18-20(11)2/h6-7,10H,3-5H2,1-2H3/t10-/m0/s1. The second kappa shape index (κ2) is 5.39. The first-order valence-electron chi connectivity index (χ1n) is 7.13. The molecule has 0 aromatic carbocycles. The van der Waals surface area contributed by atoms with Gasteiger partial charge in [0.2, 0.25) is 0 Å². The first-order valence-corrected chi connectivity index (χ1v) is 7.13. The summed E-state index contributed by atoms with van der Waals surface area (Å²) in [5.74, 6) is 0.137. The van der Waals surface area contributed by atoms with E-state index < -0.39 is 17.8 Å². The van der Waals surface area contributed by atoms with Crippen LogP contribution in [-0.4, -0.2) is 32.3 Å². The maximum Gasteiger partial charge on any atom is 0.435 e. The van der Waals surface area contributed by atoms with Gasteiger partial charge in [-0.3, -0.25) is 9.48 Å². The van der Waals surface area contributed by atoms with E-state index in [9.17, 15) is 18.0 Å². The summed E-state index contributed by atoms with van der Waals surface area (Å²) in [6.07, 6.45) is -3.13. The number of aryl methyl sites for hydroxylation is 2. The predicted octanol–water partition coefficient (Wildman–Crippen LogP) is 2.71. The number of carbonyl (C=O) groups excluding carboxylic acids is 1. The summed E-state index contributed by atoms with van der Waals surface area (Å²) < 4.78 is 44.2. The Morgan fingerprint density at radius 1 is 1.39 bits per heavy atom. The molecule has 3 heterocycles. The van der Waals surface area contributed by atoms with Crippen LogP contribution in [0.3, 0.4) is 0 Å². The van der Waals surface area contributed by atoms with Crippen molar-refractivity contribution in [3.05, 3.63) is 35.0 Å². The lowest BCUT2D eigenvalue weighted by Crippen LogP contribution is -2.32. The third-order valence-electron chi connectivity index (χ3n) is 3.89. The van der Waals surface area contributed by atoms with Crippen LogP contribution in [0.15, 0.2) is 16.7 Å². The number of hydrogen-bond donors (Lipinski definition) is 0. The summed E-state index contributed by atoms with van der Waals surface area (Å²) in [6.45, 7) is 2.20. The van der Waals surface area contributed by atoms with E-state index in [4.69, 9.17) is 4.52 Å². The van der Waals surface area contributed by atoms with E-state index in [0.29, 0.717) is 24.4 Å². The monoisotopic (exact) mass is 328 g/mol. The minimum absolute atomic E-state index is 0.0931. The Labute approximate surface area is 129 Å². The number of rotatable bonds is 2. The van der Waals surface area contributed by atoms with Crippen molar-refractivity contribution in [3.63, 3.8) is 0 Å². The molecule has 1 aliphatic rings. The van der Waals surface area contributed by atoms with Gasteiger partial charge in [-0.25, -0.2) is 0 Å². The Kier molecular flexibility index (Phi) is 3.65. The molecule has 3 rings (SSSR count). The van der Waals surface area contributed by atoms with Gasteiger partial charge in [-0.2, -0.15) is 18.3 Å². The van der Waals surface area contributed by atoms with Gasteiger partial charge in [0.1, 0.15) is 17.1 Å². The molecule has 2 aromatic heterocycles. The van der Waals surface area contributed by atoms with Gasteiger partial charge in [-0.15, -0.1) is 0 Å². The van der Waals surface area contributed by atoms with Crippen LogP contribution in [0.5, 0.6) is 0 Å². The van der Waals surface area contributed by atoms with Crippen molar-refractivity contribution in [2.24, 2.45) is 7.05 Å². The van der Waals surface area contributed by atoms with Crippen LogP contribution in [0.4, 0.5) is 13.2 Å². The van der Waals surface area contributed by atoms with Gasteiger partial charge in [0.15, 0.2) is 5.69 Å². The molecule has 9 heteroatoms. The third kappa shape index (κ3) is 2.82. The van der Waals surface area contributed by atoms with Crippen molar-refractivity contribution in [2.75, 3.05) is 6.54 Å². The number of aromatic nitrogens is 3. The van der Waals surface area contributed by atoms with Gasteiger partial charge in [-0.05, 0) is 19.8 Å². The first kappa shape index (κ1) is 15.6.